The number of unbranched alkanes of at least 4 members (excludes halogenated alkanes) is 1. The highest BCUT2D eigenvalue weighted by Gasteiger charge is 2.19. The fraction of sp³-hybridized carbons (Fsp3) is 0.533. The van der Waals surface area contributed by atoms with Gasteiger partial charge in [-0.05, 0) is 36.8 Å². The van der Waals surface area contributed by atoms with Crippen molar-refractivity contribution >= 4 is 28.7 Å². The van der Waals surface area contributed by atoms with Crippen molar-refractivity contribution in [3.05, 3.63) is 35.9 Å². The van der Waals surface area contributed by atoms with Gasteiger partial charge in [0.15, 0.2) is 5.17 Å². The molecule has 104 valence electrons. The second-order valence-electron chi connectivity index (χ2n) is 4.73. The Morgan fingerprint density at radius 1 is 1.32 bits per heavy atom. The van der Waals surface area contributed by atoms with Crippen LogP contribution in [0.2, 0.25) is 0 Å². The van der Waals surface area contributed by atoms with Crippen LogP contribution in [0.5, 0.6) is 0 Å². The first-order valence-electron chi connectivity index (χ1n) is 6.85. The largest absolute Gasteiger partial charge is 0.361 e. The third kappa shape index (κ3) is 5.49. The summed E-state index contributed by atoms with van der Waals surface area (Å²) in [5.74, 6) is 2.39. The van der Waals surface area contributed by atoms with E-state index in [9.17, 15) is 0 Å². The molecule has 4 heteroatoms. The molecule has 2 nitrogen and oxygen atoms in total. The van der Waals surface area contributed by atoms with Crippen molar-refractivity contribution in [1.29, 1.82) is 0 Å². The Morgan fingerprint density at radius 2 is 2.16 bits per heavy atom. The van der Waals surface area contributed by atoms with Crippen LogP contribution >= 0.6 is 23.5 Å². The number of hydrogen-bond acceptors (Lipinski definition) is 3. The molecular formula is C15H22N2S2. The summed E-state index contributed by atoms with van der Waals surface area (Å²) in [5.41, 5.74) is 1.40. The van der Waals surface area contributed by atoms with Gasteiger partial charge >= 0.3 is 0 Å². The summed E-state index contributed by atoms with van der Waals surface area (Å²) < 4.78 is 0. The zero-order valence-corrected chi connectivity index (χ0v) is 13.1. The van der Waals surface area contributed by atoms with Crippen molar-refractivity contribution in [3.63, 3.8) is 0 Å². The molecule has 1 atom stereocenters. The summed E-state index contributed by atoms with van der Waals surface area (Å²) in [7, 11) is 0. The Kier molecular flexibility index (Phi) is 6.65. The van der Waals surface area contributed by atoms with Crippen molar-refractivity contribution in [3.8, 4) is 0 Å². The van der Waals surface area contributed by atoms with Crippen molar-refractivity contribution in [1.82, 2.24) is 5.32 Å². The molecule has 1 aromatic rings. The van der Waals surface area contributed by atoms with Crippen LogP contribution in [0.4, 0.5) is 0 Å². The number of amidine groups is 1. The van der Waals surface area contributed by atoms with E-state index in [1.165, 1.54) is 24.2 Å². The number of nitrogens with one attached hydrogen (secondary N) is 1. The lowest BCUT2D eigenvalue weighted by atomic mass is 10.1. The molecule has 1 aliphatic rings. The molecule has 1 saturated heterocycles. The minimum absolute atomic E-state index is 0.539. The van der Waals surface area contributed by atoms with Gasteiger partial charge in [-0.15, -0.1) is 0 Å². The fourth-order valence-electron chi connectivity index (χ4n) is 2.08. The Bertz CT molecular complexity index is 392. The molecule has 0 saturated carbocycles. The lowest BCUT2D eigenvalue weighted by Crippen LogP contribution is -2.29. The molecule has 1 N–H and O–H groups in total. The van der Waals surface area contributed by atoms with E-state index in [1.807, 2.05) is 23.5 Å². The van der Waals surface area contributed by atoms with Crippen LogP contribution in [-0.4, -0.2) is 35.5 Å². The zero-order chi connectivity index (χ0) is 13.3. The molecule has 19 heavy (non-hydrogen) atoms. The molecule has 0 radical (unpaired) electrons. The highest BCUT2D eigenvalue weighted by atomic mass is 32.2. The molecule has 1 aromatic carbocycles. The van der Waals surface area contributed by atoms with Gasteiger partial charge in [-0.3, -0.25) is 4.99 Å². The summed E-state index contributed by atoms with van der Waals surface area (Å²) in [6.45, 7) is 0.966. The number of nitrogens with zero attached hydrogens (tertiary/aromatic N) is 1. The molecule has 1 fully saturated rings. The highest BCUT2D eigenvalue weighted by molar-refractivity contribution is 8.14. The van der Waals surface area contributed by atoms with Crippen molar-refractivity contribution < 1.29 is 0 Å². The summed E-state index contributed by atoms with van der Waals surface area (Å²) in [6.07, 6.45) is 5.74. The molecule has 1 aliphatic heterocycles. The molecule has 1 unspecified atom stereocenters. The van der Waals surface area contributed by atoms with E-state index in [2.05, 4.69) is 46.9 Å². The van der Waals surface area contributed by atoms with E-state index < -0.39 is 0 Å². The van der Waals surface area contributed by atoms with Crippen molar-refractivity contribution in [2.45, 2.75) is 25.3 Å². The molecule has 2 rings (SSSR count). The SMILES string of the molecule is CSCCCCN=C1NC(Cc2ccccc2)CS1. The second kappa shape index (κ2) is 8.54. The molecule has 0 aliphatic carbocycles. The van der Waals surface area contributed by atoms with Crippen LogP contribution < -0.4 is 5.32 Å². The van der Waals surface area contributed by atoms with E-state index in [-0.39, 0.29) is 0 Å². The first-order chi connectivity index (χ1) is 9.38. The van der Waals surface area contributed by atoms with E-state index >= 15 is 0 Å². The number of hydrogen-bond donors (Lipinski definition) is 1. The number of rotatable bonds is 7. The standard InChI is InChI=1S/C15H22N2S2/c1-18-10-6-5-9-16-15-17-14(12-19-15)11-13-7-3-2-4-8-13/h2-4,7-8,14H,5-6,9-12H2,1H3,(H,16,17). The van der Waals surface area contributed by atoms with Gasteiger partial charge in [0.25, 0.3) is 0 Å². The molecule has 0 spiro atoms. The quantitative estimate of drug-likeness (QED) is 0.780. The summed E-state index contributed by atoms with van der Waals surface area (Å²) >= 11 is 3.78. The van der Waals surface area contributed by atoms with E-state index in [1.54, 1.807) is 0 Å². The van der Waals surface area contributed by atoms with Gasteiger partial charge in [0.2, 0.25) is 0 Å². The maximum Gasteiger partial charge on any atom is 0.156 e. The van der Waals surface area contributed by atoms with Gasteiger partial charge in [0.1, 0.15) is 0 Å². The Morgan fingerprint density at radius 3 is 2.95 bits per heavy atom. The van der Waals surface area contributed by atoms with E-state index in [4.69, 9.17) is 0 Å². The smallest absolute Gasteiger partial charge is 0.156 e. The van der Waals surface area contributed by atoms with Crippen molar-refractivity contribution in [2.75, 3.05) is 24.3 Å². The second-order valence-corrected chi connectivity index (χ2v) is 6.72. The van der Waals surface area contributed by atoms with Crippen LogP contribution in [0.3, 0.4) is 0 Å². The van der Waals surface area contributed by atoms with Gasteiger partial charge in [-0.1, -0.05) is 42.1 Å². The summed E-state index contributed by atoms with van der Waals surface area (Å²) in [4.78, 5) is 4.65. The van der Waals surface area contributed by atoms with Gasteiger partial charge in [-0.2, -0.15) is 11.8 Å². The fourth-order valence-corrected chi connectivity index (χ4v) is 3.56. The summed E-state index contributed by atoms with van der Waals surface area (Å²) in [5, 5.41) is 4.68. The number of benzene rings is 1. The minimum atomic E-state index is 0.539. The number of aliphatic imine (C=N–C) groups is 1. The molecule has 0 bridgehead atoms. The third-order valence-corrected chi connectivity index (χ3v) is 4.87. The topological polar surface area (TPSA) is 24.4 Å². The third-order valence-electron chi connectivity index (χ3n) is 3.09. The van der Waals surface area contributed by atoms with Crippen molar-refractivity contribution in [2.24, 2.45) is 4.99 Å². The predicted molar refractivity (Wildman–Crippen MR) is 89.4 cm³/mol. The van der Waals surface area contributed by atoms with Crippen LogP contribution in [0, 0.1) is 0 Å². The lowest BCUT2D eigenvalue weighted by molar-refractivity contribution is 0.685. The predicted octanol–water partition coefficient (Wildman–Crippen LogP) is 3.43. The molecular weight excluding hydrogens is 272 g/mol. The van der Waals surface area contributed by atoms with Gasteiger partial charge in [0.05, 0.1) is 0 Å². The van der Waals surface area contributed by atoms with Gasteiger partial charge in [-0.25, -0.2) is 0 Å². The maximum absolute atomic E-state index is 4.65. The molecule has 0 aromatic heterocycles. The van der Waals surface area contributed by atoms with Gasteiger partial charge in [0, 0.05) is 18.3 Å². The highest BCUT2D eigenvalue weighted by Crippen LogP contribution is 2.17. The van der Waals surface area contributed by atoms with Crippen LogP contribution in [0.15, 0.2) is 35.3 Å². The average Bonchev–Trinajstić information content (AvgIpc) is 2.87. The maximum atomic E-state index is 4.65. The number of thioether (sulfide) groups is 2. The first kappa shape index (κ1) is 14.8. The Hall–Kier alpha value is -0.610. The normalized spacial score (nSPS) is 20.7. The van der Waals surface area contributed by atoms with Crippen LogP contribution in [0.25, 0.3) is 0 Å². The first-order valence-corrected chi connectivity index (χ1v) is 9.23. The van der Waals surface area contributed by atoms with Crippen LogP contribution in [0.1, 0.15) is 18.4 Å². The monoisotopic (exact) mass is 294 g/mol. The van der Waals surface area contributed by atoms with Crippen LogP contribution in [-0.2, 0) is 6.42 Å². The van der Waals surface area contributed by atoms with E-state index in [0.717, 1.165) is 23.9 Å². The molecule has 1 heterocycles. The zero-order valence-electron chi connectivity index (χ0n) is 11.5. The average molecular weight is 294 g/mol. The summed E-state index contributed by atoms with van der Waals surface area (Å²) in [6, 6.07) is 11.2. The molecule has 0 amide bonds. The minimum Gasteiger partial charge on any atom is -0.361 e. The van der Waals surface area contributed by atoms with Gasteiger partial charge < -0.3 is 5.32 Å². The lowest BCUT2D eigenvalue weighted by Gasteiger charge is -2.09. The van der Waals surface area contributed by atoms with E-state index in [0.29, 0.717) is 6.04 Å². The Balaban J connectivity index is 1.69. The Labute approximate surface area is 124 Å².